The predicted molar refractivity (Wildman–Crippen MR) is 70.7 cm³/mol. The molecule has 1 rings (SSSR count). The number of benzene rings is 1. The molecular weight excluding hydrogens is 268 g/mol. The molecule has 1 atom stereocenters. The summed E-state index contributed by atoms with van der Waals surface area (Å²) < 4.78 is 34.2. The molecule has 0 aliphatic heterocycles. The highest BCUT2D eigenvalue weighted by molar-refractivity contribution is 5.70. The van der Waals surface area contributed by atoms with E-state index in [-0.39, 0.29) is 24.7 Å². The summed E-state index contributed by atoms with van der Waals surface area (Å²) in [7, 11) is 0. The van der Waals surface area contributed by atoms with Crippen molar-refractivity contribution >= 4 is 5.97 Å². The second-order valence-electron chi connectivity index (χ2n) is 4.04. The number of esters is 1. The van der Waals surface area contributed by atoms with Gasteiger partial charge in [-0.2, -0.15) is 8.78 Å². The van der Waals surface area contributed by atoms with E-state index in [0.29, 0.717) is 12.1 Å². The van der Waals surface area contributed by atoms with Crippen LogP contribution in [0, 0.1) is 0 Å². The molecule has 0 aromatic heterocycles. The summed E-state index contributed by atoms with van der Waals surface area (Å²) in [5.41, 5.74) is 0.516. The Kier molecular flexibility index (Phi) is 6.93. The first-order valence-corrected chi connectivity index (χ1v) is 6.51. The molecule has 0 spiro atoms. The van der Waals surface area contributed by atoms with Crippen LogP contribution >= 0.6 is 0 Å². The van der Waals surface area contributed by atoms with Crippen molar-refractivity contribution in [3.8, 4) is 5.75 Å². The van der Waals surface area contributed by atoms with Crippen LogP contribution < -0.4 is 10.1 Å². The van der Waals surface area contributed by atoms with Gasteiger partial charge in [-0.05, 0) is 19.5 Å². The number of halogens is 2. The van der Waals surface area contributed by atoms with Crippen molar-refractivity contribution in [3.05, 3.63) is 29.8 Å². The molecule has 0 bridgehead atoms. The monoisotopic (exact) mass is 287 g/mol. The summed E-state index contributed by atoms with van der Waals surface area (Å²) >= 11 is 0. The van der Waals surface area contributed by atoms with Gasteiger partial charge < -0.3 is 14.8 Å². The topological polar surface area (TPSA) is 47.6 Å². The van der Waals surface area contributed by atoms with Gasteiger partial charge in [0.05, 0.1) is 13.0 Å². The lowest BCUT2D eigenvalue weighted by Crippen LogP contribution is -2.25. The van der Waals surface area contributed by atoms with Crippen LogP contribution in [0.25, 0.3) is 0 Å². The molecule has 0 fully saturated rings. The number of hydrogen-bond acceptors (Lipinski definition) is 4. The molecule has 112 valence electrons. The Bertz CT molecular complexity index is 427. The number of nitrogens with one attached hydrogen (secondary N) is 1. The molecule has 6 heteroatoms. The summed E-state index contributed by atoms with van der Waals surface area (Å²) in [6.45, 7) is 1.56. The third kappa shape index (κ3) is 5.13. The molecule has 20 heavy (non-hydrogen) atoms. The van der Waals surface area contributed by atoms with Gasteiger partial charge in [0.1, 0.15) is 5.75 Å². The smallest absolute Gasteiger partial charge is 0.387 e. The van der Waals surface area contributed by atoms with Gasteiger partial charge >= 0.3 is 12.6 Å². The minimum Gasteiger partial charge on any atom is -0.466 e. The average molecular weight is 287 g/mol. The van der Waals surface area contributed by atoms with Crippen LogP contribution in [0.2, 0.25) is 0 Å². The minimum absolute atomic E-state index is 0.0608. The highest BCUT2D eigenvalue weighted by Crippen LogP contribution is 2.28. The molecule has 0 heterocycles. The van der Waals surface area contributed by atoms with Gasteiger partial charge in [0.25, 0.3) is 0 Å². The average Bonchev–Trinajstić information content (AvgIpc) is 2.38. The standard InChI is InChI=1S/C14H19F2NO3/c1-3-17-11(9-13(18)19-4-2)10-7-5-6-8-12(10)20-14(15)16/h5-8,11,14,17H,3-4,9H2,1-2H3. The summed E-state index contributed by atoms with van der Waals surface area (Å²) in [6, 6.07) is 6.01. The molecule has 1 unspecified atom stereocenters. The molecule has 1 aromatic rings. The van der Waals surface area contributed by atoms with Crippen LogP contribution in [0.4, 0.5) is 8.78 Å². The number of para-hydroxylation sites is 1. The first-order valence-electron chi connectivity index (χ1n) is 6.51. The number of carbonyl (C=O) groups excluding carboxylic acids is 1. The fourth-order valence-corrected chi connectivity index (χ4v) is 1.90. The SMILES string of the molecule is CCNC(CC(=O)OCC)c1ccccc1OC(F)F. The van der Waals surface area contributed by atoms with E-state index in [4.69, 9.17) is 4.74 Å². The maximum Gasteiger partial charge on any atom is 0.387 e. The summed E-state index contributed by atoms with van der Waals surface area (Å²) in [6.07, 6.45) is 0.0608. The van der Waals surface area contributed by atoms with Crippen molar-refractivity contribution < 1.29 is 23.0 Å². The van der Waals surface area contributed by atoms with Crippen molar-refractivity contribution in [2.75, 3.05) is 13.2 Å². The second-order valence-corrected chi connectivity index (χ2v) is 4.04. The maximum atomic E-state index is 12.4. The Morgan fingerprint density at radius 3 is 2.60 bits per heavy atom. The number of hydrogen-bond donors (Lipinski definition) is 1. The maximum absolute atomic E-state index is 12.4. The molecule has 1 N–H and O–H groups in total. The molecule has 1 aromatic carbocycles. The Balaban J connectivity index is 2.92. The molecule has 0 saturated carbocycles. The lowest BCUT2D eigenvalue weighted by Gasteiger charge is -2.20. The van der Waals surface area contributed by atoms with Crippen LogP contribution in [-0.4, -0.2) is 25.7 Å². The van der Waals surface area contributed by atoms with Crippen molar-refractivity contribution in [2.24, 2.45) is 0 Å². The third-order valence-electron chi connectivity index (χ3n) is 2.64. The van der Waals surface area contributed by atoms with Crippen molar-refractivity contribution in [3.63, 3.8) is 0 Å². The van der Waals surface area contributed by atoms with E-state index in [1.807, 2.05) is 6.92 Å². The summed E-state index contributed by atoms with van der Waals surface area (Å²) in [5.74, 6) is -0.317. The van der Waals surface area contributed by atoms with Gasteiger partial charge in [0.15, 0.2) is 0 Å². The van der Waals surface area contributed by atoms with Crippen LogP contribution in [0.15, 0.2) is 24.3 Å². The summed E-state index contributed by atoms with van der Waals surface area (Å²) in [4.78, 5) is 11.6. The molecule has 0 amide bonds. The van der Waals surface area contributed by atoms with Gasteiger partial charge in [-0.15, -0.1) is 0 Å². The Morgan fingerprint density at radius 2 is 2.00 bits per heavy atom. The minimum atomic E-state index is -2.90. The van der Waals surface area contributed by atoms with Gasteiger partial charge in [0, 0.05) is 11.6 Å². The fourth-order valence-electron chi connectivity index (χ4n) is 1.90. The van der Waals surface area contributed by atoms with E-state index in [0.717, 1.165) is 0 Å². The van der Waals surface area contributed by atoms with Gasteiger partial charge in [0.2, 0.25) is 0 Å². The van der Waals surface area contributed by atoms with Crippen molar-refractivity contribution in [2.45, 2.75) is 32.9 Å². The molecule has 0 aliphatic rings. The number of ether oxygens (including phenoxy) is 2. The second kappa shape index (κ2) is 8.47. The van der Waals surface area contributed by atoms with E-state index < -0.39 is 12.7 Å². The first-order chi connectivity index (χ1) is 9.58. The Hall–Kier alpha value is -1.69. The molecule has 0 saturated heterocycles. The van der Waals surface area contributed by atoms with Crippen molar-refractivity contribution in [1.82, 2.24) is 5.32 Å². The normalized spacial score (nSPS) is 12.2. The largest absolute Gasteiger partial charge is 0.466 e. The zero-order valence-electron chi connectivity index (χ0n) is 11.6. The molecule has 0 radical (unpaired) electrons. The Morgan fingerprint density at radius 1 is 1.30 bits per heavy atom. The molecule has 0 aliphatic carbocycles. The summed E-state index contributed by atoms with van der Waals surface area (Å²) in [5, 5.41) is 3.08. The van der Waals surface area contributed by atoms with E-state index in [1.165, 1.54) is 6.07 Å². The number of carbonyl (C=O) groups is 1. The fraction of sp³-hybridized carbons (Fsp3) is 0.500. The Labute approximate surface area is 117 Å². The van der Waals surface area contributed by atoms with Crippen LogP contribution in [0.5, 0.6) is 5.75 Å². The van der Waals surface area contributed by atoms with Crippen LogP contribution in [0.3, 0.4) is 0 Å². The highest BCUT2D eigenvalue weighted by Gasteiger charge is 2.20. The predicted octanol–water partition coefficient (Wildman–Crippen LogP) is 2.89. The lowest BCUT2D eigenvalue weighted by molar-refractivity contribution is -0.143. The lowest BCUT2D eigenvalue weighted by atomic mass is 10.0. The van der Waals surface area contributed by atoms with Gasteiger partial charge in [-0.3, -0.25) is 4.79 Å². The first kappa shape index (κ1) is 16.4. The zero-order chi connectivity index (χ0) is 15.0. The molecule has 4 nitrogen and oxygen atoms in total. The van der Waals surface area contributed by atoms with Gasteiger partial charge in [-0.25, -0.2) is 0 Å². The van der Waals surface area contributed by atoms with Crippen LogP contribution in [-0.2, 0) is 9.53 Å². The van der Waals surface area contributed by atoms with E-state index >= 15 is 0 Å². The van der Waals surface area contributed by atoms with E-state index in [2.05, 4.69) is 10.1 Å². The third-order valence-corrected chi connectivity index (χ3v) is 2.64. The van der Waals surface area contributed by atoms with Crippen LogP contribution in [0.1, 0.15) is 31.9 Å². The number of alkyl halides is 2. The van der Waals surface area contributed by atoms with Gasteiger partial charge in [-0.1, -0.05) is 25.1 Å². The highest BCUT2D eigenvalue weighted by atomic mass is 19.3. The van der Waals surface area contributed by atoms with Crippen molar-refractivity contribution in [1.29, 1.82) is 0 Å². The zero-order valence-corrected chi connectivity index (χ0v) is 11.6. The van der Waals surface area contributed by atoms with E-state index in [9.17, 15) is 13.6 Å². The molecular formula is C14H19F2NO3. The quantitative estimate of drug-likeness (QED) is 0.747. The van der Waals surface area contributed by atoms with E-state index in [1.54, 1.807) is 25.1 Å². The number of rotatable bonds is 8.